The average molecular weight is 351 g/mol. The first-order valence-corrected chi connectivity index (χ1v) is 9.57. The molecule has 3 heteroatoms. The highest BCUT2D eigenvalue weighted by Gasteiger charge is 2.33. The maximum Gasteiger partial charge on any atom is 0.159 e. The van der Waals surface area contributed by atoms with Crippen LogP contribution in [0.5, 0.6) is 0 Å². The van der Waals surface area contributed by atoms with E-state index in [0.29, 0.717) is 0 Å². The van der Waals surface area contributed by atoms with Gasteiger partial charge in [-0.25, -0.2) is 0 Å². The van der Waals surface area contributed by atoms with Crippen molar-refractivity contribution in [2.24, 2.45) is 5.41 Å². The molecule has 0 bridgehead atoms. The van der Waals surface area contributed by atoms with E-state index >= 15 is 0 Å². The SMILES string of the molecule is CC(=O)c1cccc(CN2CCC(CO)(CCc3ccccc3)CC2)c1. The topological polar surface area (TPSA) is 40.5 Å². The number of aryl methyl sites for hydroxylation is 1. The summed E-state index contributed by atoms with van der Waals surface area (Å²) in [6.45, 7) is 4.76. The molecule has 138 valence electrons. The highest BCUT2D eigenvalue weighted by molar-refractivity contribution is 5.94. The lowest BCUT2D eigenvalue weighted by Gasteiger charge is -2.41. The number of hydrogen-bond acceptors (Lipinski definition) is 3. The van der Waals surface area contributed by atoms with E-state index in [9.17, 15) is 9.90 Å². The predicted octanol–water partition coefficient (Wildman–Crippen LogP) is 4.10. The van der Waals surface area contributed by atoms with Crippen LogP contribution in [0, 0.1) is 5.41 Å². The van der Waals surface area contributed by atoms with Crippen LogP contribution in [-0.2, 0) is 13.0 Å². The smallest absolute Gasteiger partial charge is 0.159 e. The zero-order valence-corrected chi connectivity index (χ0v) is 15.7. The van der Waals surface area contributed by atoms with Crippen LogP contribution in [0.15, 0.2) is 54.6 Å². The van der Waals surface area contributed by atoms with E-state index in [4.69, 9.17) is 0 Å². The van der Waals surface area contributed by atoms with Crippen LogP contribution in [0.3, 0.4) is 0 Å². The summed E-state index contributed by atoms with van der Waals surface area (Å²) in [5.74, 6) is 0.116. The third kappa shape index (κ3) is 4.80. The molecular formula is C23H29NO2. The molecule has 2 aromatic carbocycles. The molecule has 26 heavy (non-hydrogen) atoms. The zero-order valence-electron chi connectivity index (χ0n) is 15.7. The van der Waals surface area contributed by atoms with Gasteiger partial charge in [-0.3, -0.25) is 9.69 Å². The van der Waals surface area contributed by atoms with E-state index in [1.54, 1.807) is 6.92 Å². The number of rotatable bonds is 7. The van der Waals surface area contributed by atoms with E-state index < -0.39 is 0 Å². The Labute approximate surface area is 156 Å². The number of hydrogen-bond donors (Lipinski definition) is 1. The van der Waals surface area contributed by atoms with Gasteiger partial charge in [0.15, 0.2) is 5.78 Å². The van der Waals surface area contributed by atoms with Gasteiger partial charge in [0.05, 0.1) is 0 Å². The Morgan fingerprint density at radius 2 is 1.73 bits per heavy atom. The van der Waals surface area contributed by atoms with Crippen LogP contribution >= 0.6 is 0 Å². The fourth-order valence-corrected chi connectivity index (χ4v) is 3.87. The van der Waals surface area contributed by atoms with Crippen LogP contribution < -0.4 is 0 Å². The van der Waals surface area contributed by atoms with Crippen molar-refractivity contribution in [1.82, 2.24) is 4.90 Å². The van der Waals surface area contributed by atoms with Gasteiger partial charge < -0.3 is 5.11 Å². The molecule has 3 rings (SSSR count). The summed E-state index contributed by atoms with van der Waals surface area (Å²) in [5, 5.41) is 10.0. The summed E-state index contributed by atoms with van der Waals surface area (Å²) in [7, 11) is 0. The van der Waals surface area contributed by atoms with E-state index in [-0.39, 0.29) is 17.8 Å². The Morgan fingerprint density at radius 1 is 1.04 bits per heavy atom. The molecule has 0 amide bonds. The van der Waals surface area contributed by atoms with Crippen molar-refractivity contribution in [3.8, 4) is 0 Å². The molecule has 0 atom stereocenters. The molecule has 1 N–H and O–H groups in total. The van der Waals surface area contributed by atoms with Gasteiger partial charge >= 0.3 is 0 Å². The molecule has 3 nitrogen and oxygen atoms in total. The molecule has 1 aliphatic rings. The minimum absolute atomic E-state index is 0.0492. The number of likely N-dealkylation sites (tertiary alicyclic amines) is 1. The quantitative estimate of drug-likeness (QED) is 0.764. The minimum Gasteiger partial charge on any atom is -0.396 e. The van der Waals surface area contributed by atoms with Crippen molar-refractivity contribution in [1.29, 1.82) is 0 Å². The number of aliphatic hydroxyl groups excluding tert-OH is 1. The van der Waals surface area contributed by atoms with Gasteiger partial charge in [0.25, 0.3) is 0 Å². The summed E-state index contributed by atoms with van der Waals surface area (Å²) < 4.78 is 0. The summed E-state index contributed by atoms with van der Waals surface area (Å²) >= 11 is 0. The number of nitrogens with zero attached hydrogens (tertiary/aromatic N) is 1. The van der Waals surface area contributed by atoms with Crippen LogP contribution in [0.2, 0.25) is 0 Å². The Kier molecular flexibility index (Phi) is 6.23. The van der Waals surface area contributed by atoms with Gasteiger partial charge in [0.2, 0.25) is 0 Å². The molecule has 0 aromatic heterocycles. The molecule has 0 unspecified atom stereocenters. The van der Waals surface area contributed by atoms with E-state index in [0.717, 1.165) is 50.9 Å². The largest absolute Gasteiger partial charge is 0.396 e. The van der Waals surface area contributed by atoms with Crippen molar-refractivity contribution in [3.05, 3.63) is 71.3 Å². The summed E-state index contributed by atoms with van der Waals surface area (Å²) in [6, 6.07) is 18.5. The highest BCUT2D eigenvalue weighted by Crippen LogP contribution is 2.36. The van der Waals surface area contributed by atoms with Gasteiger partial charge in [-0.05, 0) is 68.3 Å². The second-order valence-corrected chi connectivity index (χ2v) is 7.68. The minimum atomic E-state index is 0.0492. The fraction of sp³-hybridized carbons (Fsp3) is 0.435. The van der Waals surface area contributed by atoms with E-state index in [1.165, 1.54) is 11.1 Å². The monoisotopic (exact) mass is 351 g/mol. The number of carbonyl (C=O) groups is 1. The predicted molar refractivity (Wildman–Crippen MR) is 105 cm³/mol. The molecule has 0 saturated carbocycles. The Bertz CT molecular complexity index is 718. The molecule has 1 saturated heterocycles. The zero-order chi connectivity index (χ0) is 18.4. The average Bonchev–Trinajstić information content (AvgIpc) is 2.69. The molecule has 0 spiro atoms. The number of piperidine rings is 1. The van der Waals surface area contributed by atoms with Gasteiger partial charge in [-0.1, -0.05) is 48.5 Å². The van der Waals surface area contributed by atoms with Gasteiger partial charge in [-0.2, -0.15) is 0 Å². The lowest BCUT2D eigenvalue weighted by atomic mass is 9.75. The molecule has 1 fully saturated rings. The van der Waals surface area contributed by atoms with E-state index in [2.05, 4.69) is 35.2 Å². The molecule has 0 aliphatic carbocycles. The Hall–Kier alpha value is -1.97. The number of ketones is 1. The van der Waals surface area contributed by atoms with Crippen LogP contribution in [0.4, 0.5) is 0 Å². The number of carbonyl (C=O) groups excluding carboxylic acids is 1. The Morgan fingerprint density at radius 3 is 2.38 bits per heavy atom. The summed E-state index contributed by atoms with van der Waals surface area (Å²) in [4.78, 5) is 14.0. The van der Waals surface area contributed by atoms with Crippen molar-refractivity contribution >= 4 is 5.78 Å². The van der Waals surface area contributed by atoms with Crippen molar-refractivity contribution in [2.75, 3.05) is 19.7 Å². The maximum atomic E-state index is 11.6. The number of aliphatic hydroxyl groups is 1. The second kappa shape index (κ2) is 8.61. The normalized spacial score (nSPS) is 17.2. The first-order valence-electron chi connectivity index (χ1n) is 9.57. The van der Waals surface area contributed by atoms with Crippen molar-refractivity contribution < 1.29 is 9.90 Å². The maximum absolute atomic E-state index is 11.6. The lowest BCUT2D eigenvalue weighted by Crippen LogP contribution is -2.42. The van der Waals surface area contributed by atoms with Crippen LogP contribution in [0.25, 0.3) is 0 Å². The number of Topliss-reactive ketones (excluding diaryl/α,β-unsaturated/α-hetero) is 1. The molecule has 1 aliphatic heterocycles. The lowest BCUT2D eigenvalue weighted by molar-refractivity contribution is 0.0347. The second-order valence-electron chi connectivity index (χ2n) is 7.68. The van der Waals surface area contributed by atoms with Crippen LogP contribution in [0.1, 0.15) is 47.7 Å². The van der Waals surface area contributed by atoms with Gasteiger partial charge in [0, 0.05) is 18.7 Å². The fourth-order valence-electron chi connectivity index (χ4n) is 3.87. The molecular weight excluding hydrogens is 322 g/mol. The molecule has 1 heterocycles. The molecule has 0 radical (unpaired) electrons. The number of benzene rings is 2. The third-order valence-electron chi connectivity index (χ3n) is 5.78. The molecule has 2 aromatic rings. The Balaban J connectivity index is 1.55. The first kappa shape index (κ1) is 18.8. The van der Waals surface area contributed by atoms with Crippen LogP contribution in [-0.4, -0.2) is 35.5 Å². The standard InChI is InChI=1S/C23H29NO2/c1-19(26)22-9-5-8-21(16-22)17-24-14-12-23(18-25,13-15-24)11-10-20-6-3-2-4-7-20/h2-9,16,25H,10-15,17-18H2,1H3. The summed E-state index contributed by atoms with van der Waals surface area (Å²) in [6.07, 6.45) is 4.13. The van der Waals surface area contributed by atoms with Crippen molar-refractivity contribution in [2.45, 2.75) is 39.2 Å². The van der Waals surface area contributed by atoms with E-state index in [1.807, 2.05) is 24.3 Å². The van der Waals surface area contributed by atoms with Gasteiger partial charge in [-0.15, -0.1) is 0 Å². The van der Waals surface area contributed by atoms with Crippen molar-refractivity contribution in [3.63, 3.8) is 0 Å². The highest BCUT2D eigenvalue weighted by atomic mass is 16.3. The summed E-state index contributed by atoms with van der Waals surface area (Å²) in [5.41, 5.74) is 3.38. The third-order valence-corrected chi connectivity index (χ3v) is 5.78. The van der Waals surface area contributed by atoms with Gasteiger partial charge in [0.1, 0.15) is 0 Å². The first-order chi connectivity index (χ1) is 12.6.